The number of pyridine rings is 1. The van der Waals surface area contributed by atoms with E-state index in [0.717, 1.165) is 17.7 Å². The molecule has 0 saturated carbocycles. The van der Waals surface area contributed by atoms with Gasteiger partial charge in [0.2, 0.25) is 15.9 Å². The molecule has 1 aromatic heterocycles. The van der Waals surface area contributed by atoms with E-state index in [1.54, 1.807) is 10.6 Å². The van der Waals surface area contributed by atoms with Gasteiger partial charge in [0.05, 0.1) is 12.7 Å². The number of piperidine rings is 1. The zero-order valence-corrected chi connectivity index (χ0v) is 16.5. The van der Waals surface area contributed by atoms with Gasteiger partial charge in [0.25, 0.3) is 5.56 Å². The van der Waals surface area contributed by atoms with Crippen LogP contribution in [-0.4, -0.2) is 42.5 Å². The number of aromatic nitrogens is 1. The maximum atomic E-state index is 12.9. The number of hydrogen-bond donors (Lipinski definition) is 1. The van der Waals surface area contributed by atoms with Crippen molar-refractivity contribution in [3.63, 3.8) is 0 Å². The number of amides is 1. The first kappa shape index (κ1) is 18.9. The van der Waals surface area contributed by atoms with E-state index in [1.807, 2.05) is 36.4 Å². The number of anilines is 1. The maximum absolute atomic E-state index is 12.9. The number of sulfonamides is 1. The fourth-order valence-electron chi connectivity index (χ4n) is 4.24. The molecule has 2 aliphatic heterocycles. The smallest absolute Gasteiger partial charge is 0.274 e. The van der Waals surface area contributed by atoms with E-state index in [0.29, 0.717) is 19.6 Å². The monoisotopic (exact) mass is 401 g/mol. The molecule has 0 spiro atoms. The molecular formula is C20H23N3O4S. The quantitative estimate of drug-likeness (QED) is 0.839. The molecule has 2 aromatic rings. The van der Waals surface area contributed by atoms with Crippen molar-refractivity contribution in [2.75, 3.05) is 24.7 Å². The summed E-state index contributed by atoms with van der Waals surface area (Å²) < 4.78 is 27.1. The molecule has 4 rings (SSSR count). The van der Waals surface area contributed by atoms with Gasteiger partial charge in [-0.05, 0) is 30.0 Å². The van der Waals surface area contributed by atoms with Crippen molar-refractivity contribution in [1.82, 2.24) is 8.87 Å². The van der Waals surface area contributed by atoms with Crippen LogP contribution >= 0.6 is 0 Å². The standard InChI is InChI=1S/C20H23N3O4S/c1-28(26,27)22-11-15-9-16(13-22)18-8-7-17(20(25)23(18)12-15)21-19(24)10-14-5-3-2-4-6-14/h2-8,15-16H,9-13H2,1H3,(H,21,24)/t15-,16+/m0/s1. The van der Waals surface area contributed by atoms with Crippen LogP contribution in [0.3, 0.4) is 0 Å². The Morgan fingerprint density at radius 2 is 1.86 bits per heavy atom. The van der Waals surface area contributed by atoms with Crippen LogP contribution in [0, 0.1) is 5.92 Å². The highest BCUT2D eigenvalue weighted by atomic mass is 32.2. The first-order valence-electron chi connectivity index (χ1n) is 9.34. The lowest BCUT2D eigenvalue weighted by atomic mass is 9.84. The molecule has 1 N–H and O–H groups in total. The highest BCUT2D eigenvalue weighted by Gasteiger charge is 2.37. The first-order chi connectivity index (χ1) is 13.3. The molecule has 2 bridgehead atoms. The van der Waals surface area contributed by atoms with Crippen LogP contribution in [0.15, 0.2) is 47.3 Å². The van der Waals surface area contributed by atoms with Crippen LogP contribution in [0.1, 0.15) is 23.6 Å². The van der Waals surface area contributed by atoms with Crippen molar-refractivity contribution in [3.05, 3.63) is 64.1 Å². The predicted octanol–water partition coefficient (Wildman–Crippen LogP) is 1.41. The first-order valence-corrected chi connectivity index (χ1v) is 11.2. The third kappa shape index (κ3) is 3.74. The van der Waals surface area contributed by atoms with Gasteiger partial charge in [-0.2, -0.15) is 0 Å². The molecule has 148 valence electrons. The minimum absolute atomic E-state index is 0.00370. The molecule has 1 amide bonds. The van der Waals surface area contributed by atoms with E-state index < -0.39 is 10.0 Å². The number of nitrogens with zero attached hydrogens (tertiary/aromatic N) is 2. The number of hydrogen-bond acceptors (Lipinski definition) is 4. The van der Waals surface area contributed by atoms with Crippen molar-refractivity contribution in [3.8, 4) is 0 Å². The highest BCUT2D eigenvalue weighted by Crippen LogP contribution is 2.36. The molecule has 0 unspecified atom stereocenters. The Balaban J connectivity index is 1.56. The Morgan fingerprint density at radius 1 is 1.11 bits per heavy atom. The molecule has 0 radical (unpaired) electrons. The lowest BCUT2D eigenvalue weighted by Crippen LogP contribution is -2.49. The molecule has 1 saturated heterocycles. The van der Waals surface area contributed by atoms with Gasteiger partial charge in [-0.25, -0.2) is 12.7 Å². The molecule has 1 fully saturated rings. The van der Waals surface area contributed by atoms with Crippen molar-refractivity contribution in [1.29, 1.82) is 0 Å². The minimum Gasteiger partial charge on any atom is -0.321 e. The summed E-state index contributed by atoms with van der Waals surface area (Å²) in [6.45, 7) is 1.30. The second-order valence-corrected chi connectivity index (χ2v) is 9.66. The van der Waals surface area contributed by atoms with E-state index in [4.69, 9.17) is 0 Å². The zero-order chi connectivity index (χ0) is 19.9. The number of rotatable bonds is 4. The normalized spacial score (nSPS) is 21.8. The van der Waals surface area contributed by atoms with Crippen LogP contribution in [0.2, 0.25) is 0 Å². The van der Waals surface area contributed by atoms with Gasteiger partial charge in [0.15, 0.2) is 0 Å². The van der Waals surface area contributed by atoms with Gasteiger partial charge < -0.3 is 9.88 Å². The summed E-state index contributed by atoms with van der Waals surface area (Å²) in [6, 6.07) is 12.8. The summed E-state index contributed by atoms with van der Waals surface area (Å²) in [6.07, 6.45) is 2.31. The zero-order valence-electron chi connectivity index (χ0n) is 15.7. The van der Waals surface area contributed by atoms with Crippen molar-refractivity contribution in [2.24, 2.45) is 5.92 Å². The molecular weight excluding hydrogens is 378 g/mol. The third-order valence-corrected chi connectivity index (χ3v) is 6.76. The molecule has 7 nitrogen and oxygen atoms in total. The van der Waals surface area contributed by atoms with E-state index in [9.17, 15) is 18.0 Å². The number of carbonyl (C=O) groups excluding carboxylic acids is 1. The summed E-state index contributed by atoms with van der Waals surface area (Å²) in [7, 11) is -3.25. The van der Waals surface area contributed by atoms with Crippen LogP contribution in [0.5, 0.6) is 0 Å². The Kier molecular flexibility index (Phi) is 4.84. The Labute approximate surface area is 164 Å². The summed E-state index contributed by atoms with van der Waals surface area (Å²) >= 11 is 0. The molecule has 28 heavy (non-hydrogen) atoms. The lowest BCUT2D eigenvalue weighted by Gasteiger charge is -2.41. The van der Waals surface area contributed by atoms with Crippen molar-refractivity contribution < 1.29 is 13.2 Å². The average Bonchev–Trinajstić information content (AvgIpc) is 2.64. The van der Waals surface area contributed by atoms with Gasteiger partial charge in [-0.1, -0.05) is 30.3 Å². The molecule has 2 aliphatic rings. The number of benzene rings is 1. The van der Waals surface area contributed by atoms with E-state index in [-0.39, 0.29) is 35.4 Å². The number of carbonyl (C=O) groups is 1. The minimum atomic E-state index is -3.25. The van der Waals surface area contributed by atoms with Gasteiger partial charge in [0, 0.05) is 31.2 Å². The second kappa shape index (κ2) is 7.18. The Morgan fingerprint density at radius 3 is 2.57 bits per heavy atom. The maximum Gasteiger partial charge on any atom is 0.274 e. The topological polar surface area (TPSA) is 88.5 Å². The van der Waals surface area contributed by atoms with Crippen LogP contribution in [0.4, 0.5) is 5.69 Å². The average molecular weight is 401 g/mol. The summed E-state index contributed by atoms with van der Waals surface area (Å²) in [5.41, 5.74) is 1.77. The van der Waals surface area contributed by atoms with Gasteiger partial charge in [0.1, 0.15) is 5.69 Å². The molecule has 0 aliphatic carbocycles. The summed E-state index contributed by atoms with van der Waals surface area (Å²) in [5.74, 6) is -0.124. The summed E-state index contributed by atoms with van der Waals surface area (Å²) in [4.78, 5) is 25.2. The fourth-order valence-corrected chi connectivity index (χ4v) is 5.18. The van der Waals surface area contributed by atoms with Crippen molar-refractivity contribution >= 4 is 21.6 Å². The number of nitrogens with one attached hydrogen (secondary N) is 1. The molecule has 1 aromatic carbocycles. The van der Waals surface area contributed by atoms with Crippen molar-refractivity contribution in [2.45, 2.75) is 25.3 Å². The van der Waals surface area contributed by atoms with Crippen LogP contribution < -0.4 is 10.9 Å². The largest absolute Gasteiger partial charge is 0.321 e. The Hall–Kier alpha value is -2.45. The highest BCUT2D eigenvalue weighted by molar-refractivity contribution is 7.88. The second-order valence-electron chi connectivity index (χ2n) is 7.68. The van der Waals surface area contributed by atoms with Gasteiger partial charge >= 0.3 is 0 Å². The van der Waals surface area contributed by atoms with Crippen LogP contribution in [-0.2, 0) is 27.8 Å². The third-order valence-electron chi connectivity index (χ3n) is 5.52. The molecule has 8 heteroatoms. The van der Waals surface area contributed by atoms with Crippen LogP contribution in [0.25, 0.3) is 0 Å². The molecule has 3 heterocycles. The van der Waals surface area contributed by atoms with E-state index in [1.165, 1.54) is 10.6 Å². The SMILES string of the molecule is CS(=O)(=O)N1C[C@@H]2C[C@H](C1)c1ccc(NC(=O)Cc3ccccc3)c(=O)n1C2. The Bertz CT molecular complexity index is 1060. The lowest BCUT2D eigenvalue weighted by molar-refractivity contribution is -0.115. The number of fused-ring (bicyclic) bond motifs is 4. The van der Waals surface area contributed by atoms with E-state index >= 15 is 0 Å². The predicted molar refractivity (Wildman–Crippen MR) is 107 cm³/mol. The molecule has 2 atom stereocenters. The van der Waals surface area contributed by atoms with Gasteiger partial charge in [-0.3, -0.25) is 9.59 Å². The van der Waals surface area contributed by atoms with Gasteiger partial charge in [-0.15, -0.1) is 0 Å². The van der Waals surface area contributed by atoms with E-state index in [2.05, 4.69) is 5.32 Å². The summed E-state index contributed by atoms with van der Waals surface area (Å²) in [5, 5.41) is 2.73. The fraction of sp³-hybridized carbons (Fsp3) is 0.400.